The zero-order valence-corrected chi connectivity index (χ0v) is 17.1. The van der Waals surface area contributed by atoms with Crippen molar-refractivity contribution in [2.45, 2.75) is 31.0 Å². The van der Waals surface area contributed by atoms with Crippen molar-refractivity contribution < 1.29 is 9.18 Å². The summed E-state index contributed by atoms with van der Waals surface area (Å²) < 4.78 is 14.8. The predicted molar refractivity (Wildman–Crippen MR) is 112 cm³/mol. The van der Waals surface area contributed by atoms with Crippen LogP contribution in [0.2, 0.25) is 0 Å². The van der Waals surface area contributed by atoms with E-state index in [-0.39, 0.29) is 18.1 Å². The summed E-state index contributed by atoms with van der Waals surface area (Å²) in [6.07, 6.45) is 6.35. The van der Waals surface area contributed by atoms with Crippen LogP contribution in [-0.4, -0.2) is 51.5 Å². The molecule has 3 aromatic rings. The maximum Gasteiger partial charge on any atom is 0.224 e. The van der Waals surface area contributed by atoms with Gasteiger partial charge in [0, 0.05) is 19.6 Å². The molecule has 1 amide bonds. The Bertz CT molecular complexity index is 1000. The van der Waals surface area contributed by atoms with Gasteiger partial charge in [-0.05, 0) is 36.8 Å². The Labute approximate surface area is 172 Å². The Balaban J connectivity index is 1.43. The molecule has 29 heavy (non-hydrogen) atoms. The minimum Gasteiger partial charge on any atom is -0.356 e. The number of amides is 1. The van der Waals surface area contributed by atoms with Crippen LogP contribution in [0.25, 0.3) is 11.0 Å². The fourth-order valence-electron chi connectivity index (χ4n) is 3.50. The summed E-state index contributed by atoms with van der Waals surface area (Å²) in [5.74, 6) is 0.535. The number of hydrogen-bond donors (Lipinski definition) is 1. The van der Waals surface area contributed by atoms with Crippen molar-refractivity contribution in [1.82, 2.24) is 25.1 Å². The molecule has 3 heterocycles. The largest absolute Gasteiger partial charge is 0.356 e. The zero-order chi connectivity index (χ0) is 20.2. The molecule has 152 valence electrons. The van der Waals surface area contributed by atoms with E-state index >= 15 is 0 Å². The number of aromatic nitrogens is 4. The standard InChI is InChI=1S/C20H23FN6OS/c1-29-20-24-18(26-9-2-3-10-26)16-13-23-27(19(16)25-20)11-8-22-17(28)12-14-4-6-15(21)7-5-14/h4-7,13H,2-3,8-12H2,1H3,(H,22,28). The third-order valence-electron chi connectivity index (χ3n) is 4.97. The lowest BCUT2D eigenvalue weighted by Crippen LogP contribution is -2.29. The molecule has 0 unspecified atom stereocenters. The van der Waals surface area contributed by atoms with E-state index in [9.17, 15) is 9.18 Å². The number of benzene rings is 1. The number of carbonyl (C=O) groups is 1. The van der Waals surface area contributed by atoms with Crippen LogP contribution >= 0.6 is 11.8 Å². The number of thioether (sulfide) groups is 1. The fraction of sp³-hybridized carbons (Fsp3) is 0.400. The van der Waals surface area contributed by atoms with Crippen molar-refractivity contribution in [1.29, 1.82) is 0 Å². The highest BCUT2D eigenvalue weighted by molar-refractivity contribution is 7.98. The van der Waals surface area contributed by atoms with Crippen LogP contribution in [-0.2, 0) is 17.8 Å². The molecule has 1 saturated heterocycles. The zero-order valence-electron chi connectivity index (χ0n) is 16.3. The van der Waals surface area contributed by atoms with Gasteiger partial charge in [0.25, 0.3) is 0 Å². The second-order valence-electron chi connectivity index (χ2n) is 6.99. The van der Waals surface area contributed by atoms with E-state index in [1.165, 1.54) is 36.7 Å². The summed E-state index contributed by atoms with van der Waals surface area (Å²) in [5, 5.41) is 9.04. The van der Waals surface area contributed by atoms with Crippen LogP contribution in [0, 0.1) is 5.82 Å². The van der Waals surface area contributed by atoms with Gasteiger partial charge in [0.2, 0.25) is 5.91 Å². The highest BCUT2D eigenvalue weighted by atomic mass is 32.2. The molecule has 7 nitrogen and oxygen atoms in total. The van der Waals surface area contributed by atoms with Crippen LogP contribution in [0.4, 0.5) is 10.2 Å². The SMILES string of the molecule is CSc1nc(N2CCCC2)c2cnn(CCNC(=O)Cc3ccc(F)cc3)c2n1. The molecular weight excluding hydrogens is 391 g/mol. The number of anilines is 1. The van der Waals surface area contributed by atoms with Crippen molar-refractivity contribution in [3.63, 3.8) is 0 Å². The maximum absolute atomic E-state index is 13.0. The second-order valence-corrected chi connectivity index (χ2v) is 7.76. The lowest BCUT2D eigenvalue weighted by molar-refractivity contribution is -0.120. The molecule has 0 radical (unpaired) electrons. The Morgan fingerprint density at radius 1 is 1.21 bits per heavy atom. The summed E-state index contributed by atoms with van der Waals surface area (Å²) in [6, 6.07) is 5.96. The predicted octanol–water partition coefficient (Wildman–Crippen LogP) is 2.65. The molecule has 1 N–H and O–H groups in total. The van der Waals surface area contributed by atoms with Crippen molar-refractivity contribution in [3.05, 3.63) is 41.8 Å². The van der Waals surface area contributed by atoms with E-state index in [1.54, 1.807) is 12.1 Å². The molecule has 4 rings (SSSR count). The van der Waals surface area contributed by atoms with Gasteiger partial charge in [0.15, 0.2) is 10.8 Å². The Hall–Kier alpha value is -2.68. The van der Waals surface area contributed by atoms with Gasteiger partial charge < -0.3 is 10.2 Å². The number of fused-ring (bicyclic) bond motifs is 1. The van der Waals surface area contributed by atoms with E-state index in [0.29, 0.717) is 13.1 Å². The molecule has 0 aliphatic carbocycles. The second kappa shape index (κ2) is 8.77. The number of nitrogens with one attached hydrogen (secondary N) is 1. The normalized spacial score (nSPS) is 13.9. The molecule has 1 aliphatic rings. The molecule has 0 bridgehead atoms. The first-order valence-corrected chi connectivity index (χ1v) is 10.9. The average Bonchev–Trinajstić information content (AvgIpc) is 3.39. The Morgan fingerprint density at radius 3 is 2.69 bits per heavy atom. The van der Waals surface area contributed by atoms with Gasteiger partial charge in [-0.15, -0.1) is 0 Å². The molecule has 9 heteroatoms. The van der Waals surface area contributed by atoms with Crippen molar-refractivity contribution in [2.75, 3.05) is 30.8 Å². The number of rotatable bonds is 7. The molecule has 1 aliphatic heterocycles. The van der Waals surface area contributed by atoms with Gasteiger partial charge >= 0.3 is 0 Å². The minimum absolute atomic E-state index is 0.106. The van der Waals surface area contributed by atoms with Crippen LogP contribution in [0.5, 0.6) is 0 Å². The minimum atomic E-state index is -0.306. The van der Waals surface area contributed by atoms with Crippen LogP contribution in [0.15, 0.2) is 35.6 Å². The molecular formula is C20H23FN6OS. The highest BCUT2D eigenvalue weighted by Crippen LogP contribution is 2.28. The molecule has 2 aromatic heterocycles. The fourth-order valence-corrected chi connectivity index (χ4v) is 3.85. The Morgan fingerprint density at radius 2 is 1.97 bits per heavy atom. The number of halogens is 1. The first-order valence-electron chi connectivity index (χ1n) is 9.67. The highest BCUT2D eigenvalue weighted by Gasteiger charge is 2.20. The number of carbonyl (C=O) groups excluding carboxylic acids is 1. The third-order valence-corrected chi connectivity index (χ3v) is 5.52. The monoisotopic (exact) mass is 414 g/mol. The summed E-state index contributed by atoms with van der Waals surface area (Å²) in [6.45, 7) is 2.96. The van der Waals surface area contributed by atoms with E-state index in [2.05, 4.69) is 20.3 Å². The Kier molecular flexibility index (Phi) is 5.94. The van der Waals surface area contributed by atoms with Crippen LogP contribution in [0.3, 0.4) is 0 Å². The first-order chi connectivity index (χ1) is 14.1. The summed E-state index contributed by atoms with van der Waals surface area (Å²) in [5.41, 5.74) is 1.57. The number of nitrogens with zero attached hydrogens (tertiary/aromatic N) is 5. The van der Waals surface area contributed by atoms with Gasteiger partial charge in [-0.25, -0.2) is 19.0 Å². The summed E-state index contributed by atoms with van der Waals surface area (Å²) in [4.78, 5) is 23.8. The van der Waals surface area contributed by atoms with Gasteiger partial charge in [0.05, 0.1) is 24.5 Å². The smallest absolute Gasteiger partial charge is 0.224 e. The summed E-state index contributed by atoms with van der Waals surface area (Å²) in [7, 11) is 0. The third kappa shape index (κ3) is 4.50. The van der Waals surface area contributed by atoms with Crippen LogP contribution < -0.4 is 10.2 Å². The number of hydrogen-bond acceptors (Lipinski definition) is 6. The molecule has 1 aromatic carbocycles. The molecule has 1 fully saturated rings. The van der Waals surface area contributed by atoms with Gasteiger partial charge in [-0.1, -0.05) is 23.9 Å². The van der Waals surface area contributed by atoms with Gasteiger partial charge in [0.1, 0.15) is 11.6 Å². The summed E-state index contributed by atoms with van der Waals surface area (Å²) >= 11 is 1.51. The molecule has 0 spiro atoms. The maximum atomic E-state index is 13.0. The van der Waals surface area contributed by atoms with Crippen molar-refractivity contribution in [2.24, 2.45) is 0 Å². The van der Waals surface area contributed by atoms with Crippen molar-refractivity contribution in [3.8, 4) is 0 Å². The lowest BCUT2D eigenvalue weighted by atomic mass is 10.1. The quantitative estimate of drug-likeness (QED) is 0.473. The van der Waals surface area contributed by atoms with Crippen LogP contribution in [0.1, 0.15) is 18.4 Å². The van der Waals surface area contributed by atoms with Gasteiger partial charge in [-0.2, -0.15) is 5.10 Å². The average molecular weight is 415 g/mol. The van der Waals surface area contributed by atoms with E-state index in [1.807, 2.05) is 17.1 Å². The molecule has 0 saturated carbocycles. The van der Waals surface area contributed by atoms with E-state index < -0.39 is 0 Å². The molecule has 0 atom stereocenters. The lowest BCUT2D eigenvalue weighted by Gasteiger charge is -2.17. The van der Waals surface area contributed by atoms with Crippen molar-refractivity contribution >= 4 is 34.5 Å². The first kappa shape index (κ1) is 19.6. The topological polar surface area (TPSA) is 75.9 Å². The van der Waals surface area contributed by atoms with E-state index in [4.69, 9.17) is 4.98 Å². The van der Waals surface area contributed by atoms with E-state index in [0.717, 1.165) is 40.7 Å². The van der Waals surface area contributed by atoms with Gasteiger partial charge in [-0.3, -0.25) is 4.79 Å².